The number of piperidine rings is 2. The van der Waals surface area contributed by atoms with Crippen molar-refractivity contribution < 1.29 is 18.6 Å². The minimum absolute atomic E-state index is 0.142. The first-order valence-electron chi connectivity index (χ1n) is 12.5. The maximum atomic E-state index is 14.9. The van der Waals surface area contributed by atoms with E-state index in [1.807, 2.05) is 12.4 Å². The first kappa shape index (κ1) is 24.8. The van der Waals surface area contributed by atoms with Crippen molar-refractivity contribution in [1.29, 1.82) is 0 Å². The van der Waals surface area contributed by atoms with Gasteiger partial charge < -0.3 is 19.6 Å². The van der Waals surface area contributed by atoms with Crippen LogP contribution < -0.4 is 9.64 Å². The van der Waals surface area contributed by atoms with Gasteiger partial charge in [-0.3, -0.25) is 0 Å². The lowest BCUT2D eigenvalue weighted by atomic mass is 9.89. The number of benzene rings is 1. The predicted molar refractivity (Wildman–Crippen MR) is 128 cm³/mol. The van der Waals surface area contributed by atoms with Gasteiger partial charge in [0.05, 0.1) is 6.10 Å². The highest BCUT2D eigenvalue weighted by Crippen LogP contribution is 2.34. The molecule has 6 nitrogen and oxygen atoms in total. The summed E-state index contributed by atoms with van der Waals surface area (Å²) in [4.78, 5) is 13.2. The van der Waals surface area contributed by atoms with Crippen molar-refractivity contribution in [3.8, 4) is 5.75 Å². The van der Waals surface area contributed by atoms with Gasteiger partial charge >= 0.3 is 0 Å². The third-order valence-electron chi connectivity index (χ3n) is 7.05. The van der Waals surface area contributed by atoms with Crippen molar-refractivity contribution in [3.63, 3.8) is 0 Å². The maximum absolute atomic E-state index is 14.9. The number of halogens is 2. The van der Waals surface area contributed by atoms with E-state index in [4.69, 9.17) is 4.74 Å². The second-order valence-corrected chi connectivity index (χ2v) is 9.62. The van der Waals surface area contributed by atoms with Crippen LogP contribution in [-0.4, -0.2) is 64.9 Å². The molecule has 1 atom stereocenters. The van der Waals surface area contributed by atoms with Gasteiger partial charge in [-0.05, 0) is 74.9 Å². The van der Waals surface area contributed by atoms with Crippen LogP contribution in [0.5, 0.6) is 5.75 Å². The molecule has 0 spiro atoms. The average Bonchev–Trinajstić information content (AvgIpc) is 2.85. The van der Waals surface area contributed by atoms with Gasteiger partial charge in [0.2, 0.25) is 5.95 Å². The lowest BCUT2D eigenvalue weighted by molar-refractivity contribution is 0.142. The molecule has 1 aromatic heterocycles. The minimum Gasteiger partial charge on any atom is -0.484 e. The highest BCUT2D eigenvalue weighted by atomic mass is 19.1. The van der Waals surface area contributed by atoms with Crippen LogP contribution in [0.1, 0.15) is 63.0 Å². The standard InChI is InChI=1S/C26H36F2N4O2/c1-3-19-16-29-26(30-17-19)32-12-7-22(8-13-32)34-25-23(27)14-21(15-24(25)28)20-5-10-31(11-6-20)9-4-18(2)33/h14-18,20,22,33H,3-13H2,1-2H3. The molecule has 1 N–H and O–H groups in total. The average molecular weight is 475 g/mol. The number of aromatic nitrogens is 2. The van der Waals surface area contributed by atoms with E-state index in [0.717, 1.165) is 50.9 Å². The molecule has 0 aliphatic carbocycles. The minimum atomic E-state index is -0.618. The number of hydrogen-bond acceptors (Lipinski definition) is 6. The maximum Gasteiger partial charge on any atom is 0.225 e. The number of ether oxygens (including phenoxy) is 1. The molecule has 2 aromatic rings. The number of hydrogen-bond donors (Lipinski definition) is 1. The molecule has 186 valence electrons. The van der Waals surface area contributed by atoms with Crippen LogP contribution in [0.3, 0.4) is 0 Å². The lowest BCUT2D eigenvalue weighted by Gasteiger charge is -2.33. The van der Waals surface area contributed by atoms with Crippen LogP contribution >= 0.6 is 0 Å². The number of aryl methyl sites for hydroxylation is 1. The summed E-state index contributed by atoms with van der Waals surface area (Å²) in [5, 5.41) is 9.47. The Morgan fingerprint density at radius 1 is 1.03 bits per heavy atom. The Morgan fingerprint density at radius 2 is 1.65 bits per heavy atom. The number of aliphatic hydroxyl groups is 1. The van der Waals surface area contributed by atoms with E-state index >= 15 is 0 Å². The molecule has 0 bridgehead atoms. The summed E-state index contributed by atoms with van der Waals surface area (Å²) in [5.41, 5.74) is 1.80. The van der Waals surface area contributed by atoms with Gasteiger partial charge in [0.15, 0.2) is 17.4 Å². The third kappa shape index (κ3) is 6.21. The summed E-state index contributed by atoms with van der Waals surface area (Å²) in [6, 6.07) is 2.90. The fourth-order valence-electron chi connectivity index (χ4n) is 4.82. The summed E-state index contributed by atoms with van der Waals surface area (Å²) in [6.07, 6.45) is 7.82. The molecule has 2 aliphatic heterocycles. The molecular weight excluding hydrogens is 438 g/mol. The lowest BCUT2D eigenvalue weighted by Crippen LogP contribution is -2.39. The van der Waals surface area contributed by atoms with Gasteiger partial charge in [-0.1, -0.05) is 6.92 Å². The summed E-state index contributed by atoms with van der Waals surface area (Å²) in [5.74, 6) is -0.669. The van der Waals surface area contributed by atoms with E-state index in [9.17, 15) is 13.9 Å². The molecular formula is C26H36F2N4O2. The number of rotatable bonds is 8. The second kappa shape index (κ2) is 11.4. The second-order valence-electron chi connectivity index (χ2n) is 9.62. The quantitative estimate of drug-likeness (QED) is 0.615. The first-order valence-corrected chi connectivity index (χ1v) is 12.5. The summed E-state index contributed by atoms with van der Waals surface area (Å²) in [6.45, 7) is 7.84. The smallest absolute Gasteiger partial charge is 0.225 e. The van der Waals surface area contributed by atoms with Crippen molar-refractivity contribution in [2.24, 2.45) is 0 Å². The molecule has 0 radical (unpaired) electrons. The SMILES string of the molecule is CCc1cnc(N2CCC(Oc3c(F)cc(C4CCN(CCC(C)O)CC4)cc3F)CC2)nc1. The van der Waals surface area contributed by atoms with Gasteiger partial charge in [0.1, 0.15) is 6.10 Å². The third-order valence-corrected chi connectivity index (χ3v) is 7.05. The van der Waals surface area contributed by atoms with Gasteiger partial charge in [-0.25, -0.2) is 18.7 Å². The van der Waals surface area contributed by atoms with Crippen LogP contribution in [0.25, 0.3) is 0 Å². The van der Waals surface area contributed by atoms with Gasteiger partial charge in [-0.2, -0.15) is 0 Å². The normalized spacial score (nSPS) is 19.4. The Balaban J connectivity index is 1.30. The Labute approximate surface area is 201 Å². The van der Waals surface area contributed by atoms with Crippen LogP contribution in [0.2, 0.25) is 0 Å². The predicted octanol–water partition coefficient (Wildman–Crippen LogP) is 4.32. The molecule has 0 amide bonds. The van der Waals surface area contributed by atoms with Gasteiger partial charge in [0.25, 0.3) is 0 Å². The number of likely N-dealkylation sites (tertiary alicyclic amines) is 1. The zero-order valence-corrected chi connectivity index (χ0v) is 20.2. The van der Waals surface area contributed by atoms with E-state index in [-0.39, 0.29) is 23.9 Å². The van der Waals surface area contributed by atoms with Gasteiger partial charge in [-0.15, -0.1) is 0 Å². The zero-order chi connectivity index (χ0) is 24.1. The largest absolute Gasteiger partial charge is 0.484 e. The summed E-state index contributed by atoms with van der Waals surface area (Å²) < 4.78 is 35.6. The summed E-state index contributed by atoms with van der Waals surface area (Å²) >= 11 is 0. The number of anilines is 1. The van der Waals surface area contributed by atoms with Crippen molar-refractivity contribution >= 4 is 5.95 Å². The summed E-state index contributed by atoms with van der Waals surface area (Å²) in [7, 11) is 0. The molecule has 2 saturated heterocycles. The topological polar surface area (TPSA) is 61.7 Å². The van der Waals surface area contributed by atoms with E-state index in [2.05, 4.69) is 26.7 Å². The molecule has 8 heteroatoms. The van der Waals surface area contributed by atoms with Crippen molar-refractivity contribution in [2.45, 2.75) is 70.5 Å². The molecule has 1 unspecified atom stereocenters. The molecule has 34 heavy (non-hydrogen) atoms. The van der Waals surface area contributed by atoms with Crippen molar-refractivity contribution in [3.05, 3.63) is 47.3 Å². The Bertz CT molecular complexity index is 902. The first-order chi connectivity index (χ1) is 16.4. The fraction of sp³-hybridized carbons (Fsp3) is 0.615. The van der Waals surface area contributed by atoms with E-state index < -0.39 is 11.6 Å². The number of nitrogens with zero attached hydrogens (tertiary/aromatic N) is 4. The van der Waals surface area contributed by atoms with Crippen molar-refractivity contribution in [2.75, 3.05) is 37.6 Å². The van der Waals surface area contributed by atoms with E-state index in [1.165, 1.54) is 12.1 Å². The highest BCUT2D eigenvalue weighted by molar-refractivity contribution is 5.34. The van der Waals surface area contributed by atoms with E-state index in [1.54, 1.807) is 6.92 Å². The fourth-order valence-corrected chi connectivity index (χ4v) is 4.82. The van der Waals surface area contributed by atoms with Crippen LogP contribution in [-0.2, 0) is 6.42 Å². The molecule has 2 aliphatic rings. The van der Waals surface area contributed by atoms with E-state index in [0.29, 0.717) is 37.4 Å². The Morgan fingerprint density at radius 3 is 2.21 bits per heavy atom. The zero-order valence-electron chi connectivity index (χ0n) is 20.2. The van der Waals surface area contributed by atoms with Crippen LogP contribution in [0.4, 0.5) is 14.7 Å². The molecule has 1 aromatic carbocycles. The number of aliphatic hydroxyl groups excluding tert-OH is 1. The Kier molecular flexibility index (Phi) is 8.32. The van der Waals surface area contributed by atoms with Crippen molar-refractivity contribution in [1.82, 2.24) is 14.9 Å². The Hall–Kier alpha value is -2.32. The molecule has 4 rings (SSSR count). The molecule has 3 heterocycles. The van der Waals surface area contributed by atoms with Crippen LogP contribution in [0.15, 0.2) is 24.5 Å². The highest BCUT2D eigenvalue weighted by Gasteiger charge is 2.27. The monoisotopic (exact) mass is 474 g/mol. The van der Waals surface area contributed by atoms with Gasteiger partial charge in [0, 0.05) is 44.9 Å². The van der Waals surface area contributed by atoms with Crippen LogP contribution in [0, 0.1) is 11.6 Å². The molecule has 2 fully saturated rings. The molecule has 0 saturated carbocycles.